The molecule has 1 aromatic carbocycles. The van der Waals surface area contributed by atoms with Crippen molar-refractivity contribution in [1.29, 1.82) is 0 Å². The minimum absolute atomic E-state index is 0.573. The van der Waals surface area contributed by atoms with Crippen molar-refractivity contribution < 1.29 is 9.47 Å². The van der Waals surface area contributed by atoms with Crippen LogP contribution in [0.1, 0.15) is 38.7 Å². The smallest absolute Gasteiger partial charge is 0.124 e. The number of nitrogens with two attached hydrogens (primary N) is 1. The van der Waals surface area contributed by atoms with Gasteiger partial charge in [0.2, 0.25) is 0 Å². The lowest BCUT2D eigenvalue weighted by molar-refractivity contribution is 0.115. The molecule has 0 aromatic heterocycles. The van der Waals surface area contributed by atoms with Crippen LogP contribution >= 0.6 is 0 Å². The molecule has 0 aliphatic heterocycles. The highest BCUT2D eigenvalue weighted by Gasteiger charge is 2.04. The summed E-state index contributed by atoms with van der Waals surface area (Å²) in [5, 5.41) is 0. The van der Waals surface area contributed by atoms with Gasteiger partial charge in [0.25, 0.3) is 0 Å². The van der Waals surface area contributed by atoms with Crippen molar-refractivity contribution >= 4 is 5.69 Å². The predicted molar refractivity (Wildman–Crippen MR) is 71.2 cm³/mol. The van der Waals surface area contributed by atoms with Gasteiger partial charge >= 0.3 is 0 Å². The average Bonchev–Trinajstić information content (AvgIpc) is 2.32. The Bertz CT molecular complexity index is 326. The number of anilines is 1. The zero-order valence-corrected chi connectivity index (χ0v) is 10.9. The van der Waals surface area contributed by atoms with Gasteiger partial charge in [-0.15, -0.1) is 0 Å². The van der Waals surface area contributed by atoms with Crippen LogP contribution in [0.25, 0.3) is 0 Å². The molecule has 0 saturated heterocycles. The maximum Gasteiger partial charge on any atom is 0.124 e. The molecule has 0 fully saturated rings. The molecule has 0 saturated carbocycles. The maximum atomic E-state index is 5.76. The second-order valence-electron chi connectivity index (χ2n) is 4.06. The van der Waals surface area contributed by atoms with Crippen LogP contribution < -0.4 is 10.5 Å². The molecular weight excluding hydrogens is 214 g/mol. The number of benzene rings is 1. The first kappa shape index (κ1) is 13.8. The highest BCUT2D eigenvalue weighted by Crippen LogP contribution is 2.22. The molecule has 1 aromatic rings. The Morgan fingerprint density at radius 3 is 2.71 bits per heavy atom. The summed E-state index contributed by atoms with van der Waals surface area (Å²) in [7, 11) is 0. The summed E-state index contributed by atoms with van der Waals surface area (Å²) < 4.78 is 11.2. The van der Waals surface area contributed by atoms with E-state index in [4.69, 9.17) is 15.2 Å². The zero-order chi connectivity index (χ0) is 12.5. The summed E-state index contributed by atoms with van der Waals surface area (Å²) >= 11 is 0. The van der Waals surface area contributed by atoms with Gasteiger partial charge in [0, 0.05) is 17.9 Å². The lowest BCUT2D eigenvalue weighted by atomic mass is 10.2. The highest BCUT2D eigenvalue weighted by atomic mass is 16.5. The van der Waals surface area contributed by atoms with Gasteiger partial charge in [-0.3, -0.25) is 0 Å². The summed E-state index contributed by atoms with van der Waals surface area (Å²) in [6.07, 6.45) is 3.55. The van der Waals surface area contributed by atoms with Crippen LogP contribution in [-0.2, 0) is 11.3 Å². The van der Waals surface area contributed by atoms with Crippen LogP contribution in [0, 0.1) is 0 Å². The Morgan fingerprint density at radius 2 is 2.00 bits per heavy atom. The van der Waals surface area contributed by atoms with Crippen molar-refractivity contribution in [2.75, 3.05) is 18.9 Å². The molecule has 2 N–H and O–H groups in total. The first-order valence-corrected chi connectivity index (χ1v) is 6.36. The van der Waals surface area contributed by atoms with Crippen molar-refractivity contribution in [3.63, 3.8) is 0 Å². The van der Waals surface area contributed by atoms with Gasteiger partial charge in [-0.1, -0.05) is 19.8 Å². The van der Waals surface area contributed by atoms with E-state index in [9.17, 15) is 0 Å². The fourth-order valence-electron chi connectivity index (χ4n) is 1.64. The SMILES string of the molecule is CCCCCOCc1cc(N)ccc1OCC. The van der Waals surface area contributed by atoms with Crippen LogP contribution in [0.2, 0.25) is 0 Å². The quantitative estimate of drug-likeness (QED) is 0.557. The standard InChI is InChI=1S/C14H23NO2/c1-3-5-6-9-16-11-12-10-13(15)7-8-14(12)17-4-2/h7-8,10H,3-6,9,11,15H2,1-2H3. The summed E-state index contributed by atoms with van der Waals surface area (Å²) in [6, 6.07) is 5.68. The molecule has 3 nitrogen and oxygen atoms in total. The fraction of sp³-hybridized carbons (Fsp3) is 0.571. The van der Waals surface area contributed by atoms with Crippen LogP contribution in [0.15, 0.2) is 18.2 Å². The number of unbranched alkanes of at least 4 members (excludes halogenated alkanes) is 2. The van der Waals surface area contributed by atoms with E-state index in [2.05, 4.69) is 6.92 Å². The summed E-state index contributed by atoms with van der Waals surface area (Å²) in [5.74, 6) is 0.872. The third-order valence-electron chi connectivity index (χ3n) is 2.53. The van der Waals surface area contributed by atoms with Crippen molar-refractivity contribution in [3.8, 4) is 5.75 Å². The van der Waals surface area contributed by atoms with E-state index >= 15 is 0 Å². The van der Waals surface area contributed by atoms with E-state index in [1.54, 1.807) is 0 Å². The molecule has 0 aliphatic rings. The van der Waals surface area contributed by atoms with Gasteiger partial charge in [-0.25, -0.2) is 0 Å². The number of hydrogen-bond donors (Lipinski definition) is 1. The van der Waals surface area contributed by atoms with E-state index in [0.29, 0.717) is 13.2 Å². The Labute approximate surface area is 104 Å². The Hall–Kier alpha value is -1.22. The van der Waals surface area contributed by atoms with E-state index < -0.39 is 0 Å². The molecule has 0 spiro atoms. The Kier molecular flexibility index (Phi) is 6.48. The van der Waals surface area contributed by atoms with E-state index in [0.717, 1.165) is 30.0 Å². The second kappa shape index (κ2) is 7.96. The van der Waals surface area contributed by atoms with Gasteiger partial charge in [-0.2, -0.15) is 0 Å². The van der Waals surface area contributed by atoms with Crippen molar-refractivity contribution in [1.82, 2.24) is 0 Å². The lowest BCUT2D eigenvalue weighted by Crippen LogP contribution is -2.01. The van der Waals surface area contributed by atoms with E-state index in [1.807, 2.05) is 25.1 Å². The van der Waals surface area contributed by atoms with Crippen molar-refractivity contribution in [2.24, 2.45) is 0 Å². The summed E-state index contributed by atoms with van der Waals surface area (Å²) in [4.78, 5) is 0. The molecule has 1 rings (SSSR count). The Morgan fingerprint density at radius 1 is 1.18 bits per heavy atom. The van der Waals surface area contributed by atoms with Crippen LogP contribution in [0.4, 0.5) is 5.69 Å². The molecule has 96 valence electrons. The average molecular weight is 237 g/mol. The molecule has 0 atom stereocenters. The van der Waals surface area contributed by atoms with Gasteiger partial charge < -0.3 is 15.2 Å². The number of rotatable bonds is 8. The molecule has 0 heterocycles. The maximum absolute atomic E-state index is 5.76. The monoisotopic (exact) mass is 237 g/mol. The molecule has 0 bridgehead atoms. The van der Waals surface area contributed by atoms with Crippen LogP contribution in [0.3, 0.4) is 0 Å². The normalized spacial score (nSPS) is 10.5. The van der Waals surface area contributed by atoms with Crippen LogP contribution in [-0.4, -0.2) is 13.2 Å². The molecule has 0 aliphatic carbocycles. The van der Waals surface area contributed by atoms with Crippen LogP contribution in [0.5, 0.6) is 5.75 Å². The Balaban J connectivity index is 2.47. The summed E-state index contributed by atoms with van der Waals surface area (Å²) in [6.45, 7) is 6.19. The largest absolute Gasteiger partial charge is 0.494 e. The number of nitrogen functional groups attached to an aromatic ring is 1. The first-order valence-electron chi connectivity index (χ1n) is 6.36. The first-order chi connectivity index (χ1) is 8.27. The molecule has 0 amide bonds. The highest BCUT2D eigenvalue weighted by molar-refractivity contribution is 5.47. The molecular formula is C14H23NO2. The van der Waals surface area contributed by atoms with E-state index in [-0.39, 0.29) is 0 Å². The fourth-order valence-corrected chi connectivity index (χ4v) is 1.64. The number of hydrogen-bond acceptors (Lipinski definition) is 3. The minimum Gasteiger partial charge on any atom is -0.494 e. The second-order valence-corrected chi connectivity index (χ2v) is 4.06. The number of ether oxygens (including phenoxy) is 2. The van der Waals surface area contributed by atoms with Gasteiger partial charge in [-0.05, 0) is 31.5 Å². The van der Waals surface area contributed by atoms with Gasteiger partial charge in [0.05, 0.1) is 13.2 Å². The molecule has 3 heteroatoms. The third-order valence-corrected chi connectivity index (χ3v) is 2.53. The molecule has 17 heavy (non-hydrogen) atoms. The zero-order valence-electron chi connectivity index (χ0n) is 10.9. The molecule has 0 unspecified atom stereocenters. The lowest BCUT2D eigenvalue weighted by Gasteiger charge is -2.11. The minimum atomic E-state index is 0.573. The molecule has 0 radical (unpaired) electrons. The third kappa shape index (κ3) is 5.09. The van der Waals surface area contributed by atoms with Crippen molar-refractivity contribution in [3.05, 3.63) is 23.8 Å². The van der Waals surface area contributed by atoms with Crippen molar-refractivity contribution in [2.45, 2.75) is 39.7 Å². The summed E-state index contributed by atoms with van der Waals surface area (Å²) in [5.41, 5.74) is 7.55. The van der Waals surface area contributed by atoms with Gasteiger partial charge in [0.1, 0.15) is 5.75 Å². The predicted octanol–water partition coefficient (Wildman–Crippen LogP) is 3.37. The topological polar surface area (TPSA) is 44.5 Å². The van der Waals surface area contributed by atoms with Gasteiger partial charge in [0.15, 0.2) is 0 Å². The van der Waals surface area contributed by atoms with E-state index in [1.165, 1.54) is 12.8 Å².